The lowest BCUT2D eigenvalue weighted by molar-refractivity contribution is -0.121. The fourth-order valence-corrected chi connectivity index (χ4v) is 5.41. The number of halogens is 1. The molecule has 2 aliphatic rings. The van der Waals surface area contributed by atoms with Crippen molar-refractivity contribution < 1.29 is 9.53 Å². The summed E-state index contributed by atoms with van der Waals surface area (Å²) in [7, 11) is 0. The number of nitrogens with zero attached hydrogens (tertiary/aromatic N) is 1. The van der Waals surface area contributed by atoms with E-state index in [1.54, 1.807) is 0 Å². The smallest absolute Gasteiger partial charge is 0.242 e. The summed E-state index contributed by atoms with van der Waals surface area (Å²) in [5, 5.41) is 0.643. The van der Waals surface area contributed by atoms with Crippen LogP contribution in [0.25, 0.3) is 0 Å². The largest absolute Gasteiger partial charge is 0.488 e. The Bertz CT molecular complexity index is 1280. The van der Waals surface area contributed by atoms with Crippen LogP contribution in [-0.2, 0) is 23.2 Å². The minimum Gasteiger partial charge on any atom is -0.488 e. The molecular weight excluding hydrogens is 430 g/mol. The highest BCUT2D eigenvalue weighted by Crippen LogP contribution is 2.48. The number of fused-ring (bicyclic) bond motifs is 2. The molecule has 0 bridgehead atoms. The van der Waals surface area contributed by atoms with Crippen molar-refractivity contribution in [3.05, 3.63) is 93.0 Å². The summed E-state index contributed by atoms with van der Waals surface area (Å²) < 4.78 is 6.19. The first-order valence-electron chi connectivity index (χ1n) is 11.6. The Hall–Kier alpha value is -2.78. The SMILES string of the molecule is Cc1ccc(CN2C(=O)[C@@](C)(c3ccc4c(c3)CCC(C)(C)O4)c3cc(Cl)ccc32)c(C)c1. The van der Waals surface area contributed by atoms with E-state index >= 15 is 0 Å². The van der Waals surface area contributed by atoms with E-state index in [0.717, 1.165) is 46.5 Å². The highest BCUT2D eigenvalue weighted by molar-refractivity contribution is 6.31. The van der Waals surface area contributed by atoms with E-state index < -0.39 is 5.41 Å². The summed E-state index contributed by atoms with van der Waals surface area (Å²) >= 11 is 6.43. The number of ether oxygens (including phenoxy) is 1. The van der Waals surface area contributed by atoms with Crippen molar-refractivity contribution in [2.75, 3.05) is 4.90 Å². The molecule has 2 heterocycles. The first-order chi connectivity index (χ1) is 15.6. The topological polar surface area (TPSA) is 29.5 Å². The number of amides is 1. The Morgan fingerprint density at radius 2 is 1.79 bits per heavy atom. The van der Waals surface area contributed by atoms with Crippen LogP contribution in [0.3, 0.4) is 0 Å². The molecule has 3 nitrogen and oxygen atoms in total. The number of aryl methyl sites for hydroxylation is 3. The first kappa shape index (κ1) is 22.0. The van der Waals surface area contributed by atoms with Crippen LogP contribution in [0, 0.1) is 13.8 Å². The molecule has 5 rings (SSSR count). The number of carbonyl (C=O) groups is 1. The molecule has 0 saturated heterocycles. The van der Waals surface area contributed by atoms with E-state index in [0.29, 0.717) is 11.6 Å². The summed E-state index contributed by atoms with van der Waals surface area (Å²) in [6.45, 7) is 11.0. The molecular formula is C29H30ClNO2. The molecule has 2 aliphatic heterocycles. The number of rotatable bonds is 3. The van der Waals surface area contributed by atoms with Crippen molar-refractivity contribution in [3.8, 4) is 5.75 Å². The molecule has 0 saturated carbocycles. The van der Waals surface area contributed by atoms with E-state index in [2.05, 4.69) is 52.0 Å². The number of benzene rings is 3. The maximum absolute atomic E-state index is 14.1. The van der Waals surface area contributed by atoms with Crippen molar-refractivity contribution in [1.82, 2.24) is 0 Å². The normalized spacial score (nSPS) is 20.9. The number of hydrogen-bond donors (Lipinski definition) is 0. The third kappa shape index (κ3) is 3.63. The molecule has 33 heavy (non-hydrogen) atoms. The maximum Gasteiger partial charge on any atom is 0.242 e. The second-order valence-corrected chi connectivity index (χ2v) is 10.7. The lowest BCUT2D eigenvalue weighted by Gasteiger charge is -2.34. The number of anilines is 1. The minimum atomic E-state index is -0.805. The van der Waals surface area contributed by atoms with Gasteiger partial charge in [-0.3, -0.25) is 4.79 Å². The van der Waals surface area contributed by atoms with Gasteiger partial charge in [0.25, 0.3) is 0 Å². The third-order valence-electron chi connectivity index (χ3n) is 7.31. The summed E-state index contributed by atoms with van der Waals surface area (Å²) in [4.78, 5) is 16.0. The fourth-order valence-electron chi connectivity index (χ4n) is 5.24. The maximum atomic E-state index is 14.1. The van der Waals surface area contributed by atoms with Crippen molar-refractivity contribution in [2.24, 2.45) is 0 Å². The molecule has 0 aliphatic carbocycles. The van der Waals surface area contributed by atoms with Gasteiger partial charge in [-0.1, -0.05) is 47.5 Å². The Labute approximate surface area is 201 Å². The summed E-state index contributed by atoms with van der Waals surface area (Å²) in [6.07, 6.45) is 1.89. The van der Waals surface area contributed by atoms with Crippen LogP contribution >= 0.6 is 11.6 Å². The van der Waals surface area contributed by atoms with Gasteiger partial charge < -0.3 is 9.64 Å². The fraction of sp³-hybridized carbons (Fsp3) is 0.345. The lowest BCUT2D eigenvalue weighted by atomic mass is 9.76. The molecule has 1 atom stereocenters. The summed E-state index contributed by atoms with van der Waals surface area (Å²) in [6, 6.07) is 18.4. The molecule has 0 radical (unpaired) electrons. The third-order valence-corrected chi connectivity index (χ3v) is 7.54. The standard InChI is InChI=1S/C29H30ClNO2/c1-18-6-7-21(19(2)14-18)17-31-25-10-9-23(30)16-24(25)29(5,27(31)32)22-8-11-26-20(15-22)12-13-28(3,4)33-26/h6-11,14-16H,12-13,17H2,1-5H3/t29-/m0/s1. The predicted octanol–water partition coefficient (Wildman–Crippen LogP) is 6.91. The summed E-state index contributed by atoms with van der Waals surface area (Å²) in [5.74, 6) is 0.999. The predicted molar refractivity (Wildman–Crippen MR) is 134 cm³/mol. The van der Waals surface area contributed by atoms with E-state index in [-0.39, 0.29) is 11.5 Å². The van der Waals surface area contributed by atoms with Crippen LogP contribution in [0.5, 0.6) is 5.75 Å². The van der Waals surface area contributed by atoms with Crippen LogP contribution in [0.1, 0.15) is 60.6 Å². The van der Waals surface area contributed by atoms with E-state index in [1.165, 1.54) is 11.1 Å². The van der Waals surface area contributed by atoms with Gasteiger partial charge in [0, 0.05) is 10.7 Å². The van der Waals surface area contributed by atoms with Gasteiger partial charge in [0.15, 0.2) is 0 Å². The Morgan fingerprint density at radius 1 is 1.00 bits per heavy atom. The number of hydrogen-bond acceptors (Lipinski definition) is 2. The highest BCUT2D eigenvalue weighted by atomic mass is 35.5. The van der Waals surface area contributed by atoms with Crippen LogP contribution < -0.4 is 9.64 Å². The second kappa shape index (κ2) is 7.63. The van der Waals surface area contributed by atoms with Gasteiger partial charge in [-0.05, 0) is 99.5 Å². The Morgan fingerprint density at radius 3 is 2.55 bits per heavy atom. The van der Waals surface area contributed by atoms with Gasteiger partial charge in [0.05, 0.1) is 12.0 Å². The first-order valence-corrected chi connectivity index (χ1v) is 12.0. The number of carbonyl (C=O) groups excluding carboxylic acids is 1. The molecule has 0 fully saturated rings. The zero-order valence-corrected chi connectivity index (χ0v) is 20.7. The van der Waals surface area contributed by atoms with Gasteiger partial charge in [-0.2, -0.15) is 0 Å². The molecule has 0 N–H and O–H groups in total. The zero-order chi connectivity index (χ0) is 23.5. The molecule has 3 aromatic rings. The minimum absolute atomic E-state index is 0.0803. The van der Waals surface area contributed by atoms with Crippen molar-refractivity contribution in [3.63, 3.8) is 0 Å². The van der Waals surface area contributed by atoms with Gasteiger partial charge in [-0.25, -0.2) is 0 Å². The van der Waals surface area contributed by atoms with Gasteiger partial charge in [-0.15, -0.1) is 0 Å². The average molecular weight is 460 g/mol. The molecule has 1 amide bonds. The van der Waals surface area contributed by atoms with Crippen molar-refractivity contribution in [1.29, 1.82) is 0 Å². The van der Waals surface area contributed by atoms with Gasteiger partial charge >= 0.3 is 0 Å². The Kier molecular flexibility index (Phi) is 5.10. The van der Waals surface area contributed by atoms with Gasteiger partial charge in [0.2, 0.25) is 5.91 Å². The summed E-state index contributed by atoms with van der Waals surface area (Å²) in [5.41, 5.74) is 6.65. The lowest BCUT2D eigenvalue weighted by Crippen LogP contribution is -2.39. The molecule has 3 aromatic carbocycles. The molecule has 0 aromatic heterocycles. The van der Waals surface area contributed by atoms with Crippen LogP contribution in [0.4, 0.5) is 5.69 Å². The average Bonchev–Trinajstić information content (AvgIpc) is 2.97. The van der Waals surface area contributed by atoms with Crippen molar-refractivity contribution >= 4 is 23.2 Å². The Balaban J connectivity index is 1.59. The van der Waals surface area contributed by atoms with Crippen LogP contribution in [0.15, 0.2) is 54.6 Å². The molecule has 4 heteroatoms. The zero-order valence-electron chi connectivity index (χ0n) is 20.0. The van der Waals surface area contributed by atoms with Gasteiger partial charge in [0.1, 0.15) is 11.4 Å². The van der Waals surface area contributed by atoms with E-state index in [1.807, 2.05) is 42.2 Å². The molecule has 0 unspecified atom stereocenters. The van der Waals surface area contributed by atoms with Crippen molar-refractivity contribution in [2.45, 2.75) is 65.0 Å². The molecule has 170 valence electrons. The quantitative estimate of drug-likeness (QED) is 0.425. The highest BCUT2D eigenvalue weighted by Gasteiger charge is 2.49. The molecule has 0 spiro atoms. The van der Waals surface area contributed by atoms with Crippen LogP contribution in [0.2, 0.25) is 5.02 Å². The van der Waals surface area contributed by atoms with Crippen LogP contribution in [-0.4, -0.2) is 11.5 Å². The second-order valence-electron chi connectivity index (χ2n) is 10.3. The van der Waals surface area contributed by atoms with E-state index in [4.69, 9.17) is 16.3 Å². The monoisotopic (exact) mass is 459 g/mol. The van der Waals surface area contributed by atoms with E-state index in [9.17, 15) is 4.79 Å².